The van der Waals surface area contributed by atoms with Gasteiger partial charge in [0.05, 0.1) is 25.3 Å². The van der Waals surface area contributed by atoms with E-state index in [-0.39, 0.29) is 35.5 Å². The van der Waals surface area contributed by atoms with Gasteiger partial charge in [0.15, 0.2) is 11.5 Å². The molecule has 0 saturated carbocycles. The summed E-state index contributed by atoms with van der Waals surface area (Å²) in [4.78, 5) is 18.3. The lowest BCUT2D eigenvalue weighted by molar-refractivity contribution is -0.117. The number of benzene rings is 2. The Kier molecular flexibility index (Phi) is 5.59. The number of nitrogens with zero attached hydrogens (tertiary/aromatic N) is 3. The summed E-state index contributed by atoms with van der Waals surface area (Å²) in [6, 6.07) is 9.56. The Hall–Kier alpha value is -3.13. The number of halogens is 2. The molecule has 4 rings (SSSR count). The van der Waals surface area contributed by atoms with Crippen molar-refractivity contribution in [3.63, 3.8) is 0 Å². The average molecular weight is 432 g/mol. The van der Waals surface area contributed by atoms with Crippen LogP contribution in [0.5, 0.6) is 11.5 Å². The number of carbonyl (C=O) groups excluding carboxylic acids is 1. The molecule has 1 amide bonds. The molecule has 7 nitrogen and oxygen atoms in total. The van der Waals surface area contributed by atoms with E-state index in [0.29, 0.717) is 35.4 Å². The topological polar surface area (TPSA) is 77.7 Å². The fourth-order valence-corrected chi connectivity index (χ4v) is 3.56. The van der Waals surface area contributed by atoms with Gasteiger partial charge in [0.1, 0.15) is 5.82 Å². The maximum Gasteiger partial charge on any atom is 0.232 e. The van der Waals surface area contributed by atoms with Crippen molar-refractivity contribution in [1.82, 2.24) is 10.1 Å². The fraction of sp³-hybridized carbons (Fsp3) is 0.286. The summed E-state index contributed by atoms with van der Waals surface area (Å²) in [5.74, 6) is 0.764. The highest BCUT2D eigenvalue weighted by Crippen LogP contribution is 2.35. The second kappa shape index (κ2) is 8.31. The number of hydrogen-bond donors (Lipinski definition) is 0. The van der Waals surface area contributed by atoms with Gasteiger partial charge in [-0.15, -0.1) is 0 Å². The van der Waals surface area contributed by atoms with Crippen LogP contribution < -0.4 is 14.4 Å². The molecule has 1 aliphatic heterocycles. The molecular weight excluding hydrogens is 413 g/mol. The number of aromatic nitrogens is 2. The molecule has 1 saturated heterocycles. The Labute approximate surface area is 177 Å². The number of methoxy groups -OCH3 is 1. The van der Waals surface area contributed by atoms with Gasteiger partial charge in [0.25, 0.3) is 0 Å². The minimum atomic E-state index is -0.552. The van der Waals surface area contributed by atoms with Crippen LogP contribution in [0, 0.1) is 5.82 Å². The quantitative estimate of drug-likeness (QED) is 0.573. The standard InChI is InChI=1S/C21H19ClFN3O4/c1-3-29-17-7-4-12(8-18(17)28-2)20-24-21(30-25-20)13-9-19(27)26(11-13)16-6-5-14(22)10-15(16)23/h4-8,10,13H,3,9,11H2,1-2H3. The van der Waals surface area contributed by atoms with E-state index in [1.807, 2.05) is 6.92 Å². The Morgan fingerprint density at radius 1 is 1.27 bits per heavy atom. The molecule has 2 aromatic carbocycles. The van der Waals surface area contributed by atoms with E-state index < -0.39 is 5.82 Å². The predicted octanol–water partition coefficient (Wildman–Crippen LogP) is 4.46. The molecule has 1 aromatic heterocycles. The van der Waals surface area contributed by atoms with Gasteiger partial charge in [-0.2, -0.15) is 4.98 Å². The van der Waals surface area contributed by atoms with Gasteiger partial charge < -0.3 is 18.9 Å². The fourth-order valence-electron chi connectivity index (χ4n) is 3.41. The monoisotopic (exact) mass is 431 g/mol. The van der Waals surface area contributed by atoms with Crippen LogP contribution in [0.4, 0.5) is 10.1 Å². The molecule has 3 aromatic rings. The van der Waals surface area contributed by atoms with Crippen molar-refractivity contribution >= 4 is 23.2 Å². The lowest BCUT2D eigenvalue weighted by Gasteiger charge is -2.16. The molecule has 1 unspecified atom stereocenters. The first kappa shape index (κ1) is 20.2. The Morgan fingerprint density at radius 2 is 2.10 bits per heavy atom. The van der Waals surface area contributed by atoms with Crippen molar-refractivity contribution < 1.29 is 23.2 Å². The van der Waals surface area contributed by atoms with Gasteiger partial charge >= 0.3 is 0 Å². The van der Waals surface area contributed by atoms with Crippen LogP contribution in [-0.2, 0) is 4.79 Å². The van der Waals surface area contributed by atoms with Crippen LogP contribution in [0.15, 0.2) is 40.9 Å². The van der Waals surface area contributed by atoms with Crippen molar-refractivity contribution in [3.05, 3.63) is 53.1 Å². The Balaban J connectivity index is 1.55. The molecule has 9 heteroatoms. The van der Waals surface area contributed by atoms with E-state index in [9.17, 15) is 9.18 Å². The molecule has 0 N–H and O–H groups in total. The summed E-state index contributed by atoms with van der Waals surface area (Å²) in [5, 5.41) is 4.30. The van der Waals surface area contributed by atoms with Crippen LogP contribution in [0.2, 0.25) is 5.02 Å². The van der Waals surface area contributed by atoms with Crippen molar-refractivity contribution in [1.29, 1.82) is 0 Å². The molecule has 0 spiro atoms. The second-order valence-electron chi connectivity index (χ2n) is 6.76. The number of hydrogen-bond acceptors (Lipinski definition) is 6. The highest BCUT2D eigenvalue weighted by molar-refractivity contribution is 6.30. The first-order chi connectivity index (χ1) is 14.5. The highest BCUT2D eigenvalue weighted by atomic mass is 35.5. The van der Waals surface area contributed by atoms with E-state index in [4.69, 9.17) is 25.6 Å². The van der Waals surface area contributed by atoms with E-state index in [2.05, 4.69) is 10.1 Å². The maximum absolute atomic E-state index is 14.2. The molecule has 1 atom stereocenters. The van der Waals surface area contributed by atoms with Crippen molar-refractivity contribution in [2.75, 3.05) is 25.2 Å². The van der Waals surface area contributed by atoms with Gasteiger partial charge in [-0.05, 0) is 43.3 Å². The average Bonchev–Trinajstić information content (AvgIpc) is 3.36. The van der Waals surface area contributed by atoms with E-state index in [1.165, 1.54) is 17.0 Å². The van der Waals surface area contributed by atoms with E-state index >= 15 is 0 Å². The normalized spacial score (nSPS) is 16.2. The summed E-state index contributed by atoms with van der Waals surface area (Å²) in [6.07, 6.45) is 0.149. The Morgan fingerprint density at radius 3 is 2.83 bits per heavy atom. The van der Waals surface area contributed by atoms with E-state index in [1.54, 1.807) is 31.4 Å². The highest BCUT2D eigenvalue weighted by Gasteiger charge is 2.36. The molecular formula is C21H19ClFN3O4. The molecule has 1 fully saturated rings. The van der Waals surface area contributed by atoms with Gasteiger partial charge in [-0.25, -0.2) is 4.39 Å². The minimum absolute atomic E-state index is 0.149. The summed E-state index contributed by atoms with van der Waals surface area (Å²) in [7, 11) is 1.55. The summed E-state index contributed by atoms with van der Waals surface area (Å²) in [5.41, 5.74) is 0.873. The summed E-state index contributed by atoms with van der Waals surface area (Å²) in [6.45, 7) is 2.65. The minimum Gasteiger partial charge on any atom is -0.493 e. The second-order valence-corrected chi connectivity index (χ2v) is 7.19. The van der Waals surface area contributed by atoms with Crippen LogP contribution in [0.25, 0.3) is 11.4 Å². The molecule has 0 bridgehead atoms. The number of ether oxygens (including phenoxy) is 2. The molecule has 2 heterocycles. The molecule has 156 valence electrons. The number of anilines is 1. The van der Waals surface area contributed by atoms with Crippen molar-refractivity contribution in [2.45, 2.75) is 19.3 Å². The first-order valence-corrected chi connectivity index (χ1v) is 9.78. The lowest BCUT2D eigenvalue weighted by atomic mass is 10.1. The first-order valence-electron chi connectivity index (χ1n) is 9.40. The smallest absolute Gasteiger partial charge is 0.232 e. The third-order valence-corrected chi connectivity index (χ3v) is 5.07. The SMILES string of the molecule is CCOc1ccc(-c2noc(C3CC(=O)N(c4ccc(Cl)cc4F)C3)n2)cc1OC. The lowest BCUT2D eigenvalue weighted by Crippen LogP contribution is -2.25. The third-order valence-electron chi connectivity index (χ3n) is 4.84. The summed E-state index contributed by atoms with van der Waals surface area (Å²) < 4.78 is 30.5. The van der Waals surface area contributed by atoms with Crippen LogP contribution >= 0.6 is 11.6 Å². The third kappa shape index (κ3) is 3.82. The van der Waals surface area contributed by atoms with Gasteiger partial charge in [0.2, 0.25) is 17.6 Å². The maximum atomic E-state index is 14.2. The van der Waals surface area contributed by atoms with Gasteiger partial charge in [0, 0.05) is 23.6 Å². The van der Waals surface area contributed by atoms with E-state index in [0.717, 1.165) is 0 Å². The number of rotatable bonds is 6. The molecule has 30 heavy (non-hydrogen) atoms. The zero-order chi connectivity index (χ0) is 21.3. The van der Waals surface area contributed by atoms with Crippen LogP contribution in [0.3, 0.4) is 0 Å². The van der Waals surface area contributed by atoms with Gasteiger partial charge in [-0.3, -0.25) is 4.79 Å². The summed E-state index contributed by atoms with van der Waals surface area (Å²) >= 11 is 5.80. The zero-order valence-electron chi connectivity index (χ0n) is 16.4. The van der Waals surface area contributed by atoms with Crippen molar-refractivity contribution in [3.8, 4) is 22.9 Å². The van der Waals surface area contributed by atoms with Crippen molar-refractivity contribution in [2.24, 2.45) is 0 Å². The molecule has 1 aliphatic rings. The molecule has 0 aliphatic carbocycles. The van der Waals surface area contributed by atoms with Crippen LogP contribution in [-0.4, -0.2) is 36.3 Å². The number of carbonyl (C=O) groups is 1. The number of amides is 1. The van der Waals surface area contributed by atoms with Gasteiger partial charge in [-0.1, -0.05) is 16.8 Å². The van der Waals surface area contributed by atoms with Crippen LogP contribution in [0.1, 0.15) is 25.2 Å². The molecule has 0 radical (unpaired) electrons. The zero-order valence-corrected chi connectivity index (χ0v) is 17.1. The predicted molar refractivity (Wildman–Crippen MR) is 109 cm³/mol. The Bertz CT molecular complexity index is 1090. The largest absolute Gasteiger partial charge is 0.493 e.